The number of hydrogen-bond donors (Lipinski definition) is 1. The zero-order chi connectivity index (χ0) is 21.2. The predicted molar refractivity (Wildman–Crippen MR) is 121 cm³/mol. The number of amides is 2. The first-order chi connectivity index (χ1) is 13.9. The average molecular weight is 413 g/mol. The molecule has 0 aromatic heterocycles. The molecule has 0 fully saturated rings. The summed E-state index contributed by atoms with van der Waals surface area (Å²) in [6.07, 6.45) is 0.581. The average Bonchev–Trinajstić information content (AvgIpc) is 2.72. The summed E-state index contributed by atoms with van der Waals surface area (Å²) in [5.41, 5.74) is 2.19. The summed E-state index contributed by atoms with van der Waals surface area (Å²) in [5, 5.41) is 3.00. The van der Waals surface area contributed by atoms with Gasteiger partial charge in [-0.2, -0.15) is 0 Å². The van der Waals surface area contributed by atoms with Crippen molar-refractivity contribution < 1.29 is 9.59 Å². The Hall–Kier alpha value is -2.27. The molecule has 5 heteroatoms. The van der Waals surface area contributed by atoms with Gasteiger partial charge in [-0.1, -0.05) is 63.2 Å². The first kappa shape index (κ1) is 23.0. The summed E-state index contributed by atoms with van der Waals surface area (Å²) in [4.78, 5) is 28.9. The Balaban J connectivity index is 2.19. The van der Waals surface area contributed by atoms with E-state index in [4.69, 9.17) is 0 Å². The molecule has 0 saturated heterocycles. The number of nitrogens with one attached hydrogen (secondary N) is 1. The number of carbonyl (C=O) groups excluding carboxylic acids is 2. The number of nitrogens with zero attached hydrogens (tertiary/aromatic N) is 1. The van der Waals surface area contributed by atoms with Crippen LogP contribution in [0.2, 0.25) is 0 Å². The second kappa shape index (κ2) is 11.7. The third kappa shape index (κ3) is 7.24. The van der Waals surface area contributed by atoms with Crippen LogP contribution >= 0.6 is 11.8 Å². The van der Waals surface area contributed by atoms with Gasteiger partial charge in [0.25, 0.3) is 0 Å². The quantitative estimate of drug-likeness (QED) is 0.577. The van der Waals surface area contributed by atoms with E-state index in [0.717, 1.165) is 16.0 Å². The normalized spacial score (nSPS) is 11.9. The van der Waals surface area contributed by atoms with Crippen molar-refractivity contribution >= 4 is 23.6 Å². The minimum atomic E-state index is -0.475. The van der Waals surface area contributed by atoms with E-state index >= 15 is 0 Å². The van der Waals surface area contributed by atoms with Crippen molar-refractivity contribution in [2.75, 3.05) is 12.3 Å². The number of thioether (sulfide) groups is 1. The van der Waals surface area contributed by atoms with Crippen LogP contribution in [0.5, 0.6) is 0 Å². The summed E-state index contributed by atoms with van der Waals surface area (Å²) in [7, 11) is 0. The van der Waals surface area contributed by atoms with Gasteiger partial charge < -0.3 is 10.2 Å². The van der Waals surface area contributed by atoms with Crippen LogP contribution in [-0.2, 0) is 16.1 Å². The lowest BCUT2D eigenvalue weighted by atomic mass is 10.1. The summed E-state index contributed by atoms with van der Waals surface area (Å²) >= 11 is 1.51. The van der Waals surface area contributed by atoms with Gasteiger partial charge in [0.05, 0.1) is 5.75 Å². The van der Waals surface area contributed by atoms with E-state index in [2.05, 4.69) is 19.2 Å². The van der Waals surface area contributed by atoms with Gasteiger partial charge in [0.2, 0.25) is 11.8 Å². The third-order valence-corrected chi connectivity index (χ3v) is 5.77. The molecule has 0 saturated carbocycles. The first-order valence-corrected chi connectivity index (χ1v) is 11.2. The Morgan fingerprint density at radius 3 is 2.31 bits per heavy atom. The summed E-state index contributed by atoms with van der Waals surface area (Å²) in [6.45, 7) is 9.18. The van der Waals surface area contributed by atoms with Crippen LogP contribution in [0, 0.1) is 12.8 Å². The molecule has 0 aliphatic heterocycles. The van der Waals surface area contributed by atoms with Crippen LogP contribution in [0.4, 0.5) is 0 Å². The van der Waals surface area contributed by atoms with Crippen molar-refractivity contribution in [3.05, 3.63) is 65.7 Å². The van der Waals surface area contributed by atoms with Crippen molar-refractivity contribution in [1.82, 2.24) is 10.2 Å². The Morgan fingerprint density at radius 2 is 1.69 bits per heavy atom. The molecule has 2 amide bonds. The maximum atomic E-state index is 13.2. The predicted octanol–water partition coefficient (Wildman–Crippen LogP) is 4.67. The maximum absolute atomic E-state index is 13.2. The molecular formula is C24H32N2O2S. The summed E-state index contributed by atoms with van der Waals surface area (Å²) < 4.78 is 0. The van der Waals surface area contributed by atoms with Crippen molar-refractivity contribution in [3.8, 4) is 0 Å². The minimum Gasteiger partial charge on any atom is -0.354 e. The molecule has 2 aromatic rings. The second-order valence-corrected chi connectivity index (χ2v) is 8.66. The molecule has 0 heterocycles. The van der Waals surface area contributed by atoms with Crippen molar-refractivity contribution in [2.45, 2.75) is 51.6 Å². The number of rotatable bonds is 10. The Morgan fingerprint density at radius 1 is 1.03 bits per heavy atom. The van der Waals surface area contributed by atoms with E-state index in [1.165, 1.54) is 11.8 Å². The van der Waals surface area contributed by atoms with Gasteiger partial charge in [0.15, 0.2) is 0 Å². The lowest BCUT2D eigenvalue weighted by Crippen LogP contribution is -2.50. The topological polar surface area (TPSA) is 49.4 Å². The van der Waals surface area contributed by atoms with Crippen molar-refractivity contribution in [3.63, 3.8) is 0 Å². The molecule has 1 N–H and O–H groups in total. The molecule has 0 radical (unpaired) electrons. The largest absolute Gasteiger partial charge is 0.354 e. The van der Waals surface area contributed by atoms with Crippen LogP contribution in [0.3, 0.4) is 0 Å². The van der Waals surface area contributed by atoms with Crippen molar-refractivity contribution in [2.24, 2.45) is 5.92 Å². The van der Waals surface area contributed by atoms with Gasteiger partial charge in [-0.3, -0.25) is 9.59 Å². The summed E-state index contributed by atoms with van der Waals surface area (Å²) in [5.74, 6) is 0.580. The summed E-state index contributed by atoms with van der Waals surface area (Å²) in [6, 6.07) is 17.4. The Kier molecular flexibility index (Phi) is 9.26. The molecule has 2 rings (SSSR count). The van der Waals surface area contributed by atoms with Crippen LogP contribution < -0.4 is 5.32 Å². The van der Waals surface area contributed by atoms with E-state index in [9.17, 15) is 9.59 Å². The molecular weight excluding hydrogens is 380 g/mol. The van der Waals surface area contributed by atoms with Gasteiger partial charge >= 0.3 is 0 Å². The second-order valence-electron chi connectivity index (χ2n) is 7.61. The molecule has 2 aromatic carbocycles. The van der Waals surface area contributed by atoms with Crippen LogP contribution in [0.25, 0.3) is 0 Å². The SMILES string of the molecule is CCC(C(=O)NCC(C)C)N(Cc1ccccc1C)C(=O)CSc1ccccc1. The Bertz CT molecular complexity index is 792. The number of benzene rings is 2. The minimum absolute atomic E-state index is 0.0198. The van der Waals surface area contributed by atoms with Gasteiger partial charge in [-0.25, -0.2) is 0 Å². The van der Waals surface area contributed by atoms with Gasteiger partial charge in [-0.05, 0) is 42.5 Å². The van der Waals surface area contributed by atoms with Gasteiger partial charge in [-0.15, -0.1) is 11.8 Å². The van der Waals surface area contributed by atoms with E-state index in [1.54, 1.807) is 4.90 Å². The fourth-order valence-electron chi connectivity index (χ4n) is 3.06. The van der Waals surface area contributed by atoms with Gasteiger partial charge in [0.1, 0.15) is 6.04 Å². The van der Waals surface area contributed by atoms with E-state index in [1.807, 2.05) is 68.4 Å². The molecule has 156 valence electrons. The smallest absolute Gasteiger partial charge is 0.242 e. The molecule has 1 atom stereocenters. The zero-order valence-electron chi connectivity index (χ0n) is 17.9. The molecule has 0 spiro atoms. The fourth-order valence-corrected chi connectivity index (χ4v) is 3.86. The van der Waals surface area contributed by atoms with Gasteiger partial charge in [0, 0.05) is 18.0 Å². The monoisotopic (exact) mass is 412 g/mol. The molecule has 1 unspecified atom stereocenters. The fraction of sp³-hybridized carbons (Fsp3) is 0.417. The molecule has 4 nitrogen and oxygen atoms in total. The van der Waals surface area contributed by atoms with E-state index < -0.39 is 6.04 Å². The highest BCUT2D eigenvalue weighted by atomic mass is 32.2. The molecule has 0 aliphatic rings. The molecule has 29 heavy (non-hydrogen) atoms. The zero-order valence-corrected chi connectivity index (χ0v) is 18.7. The highest BCUT2D eigenvalue weighted by Crippen LogP contribution is 2.21. The van der Waals surface area contributed by atoms with Crippen LogP contribution in [0.15, 0.2) is 59.5 Å². The first-order valence-electron chi connectivity index (χ1n) is 10.2. The highest BCUT2D eigenvalue weighted by Gasteiger charge is 2.28. The molecule has 0 aliphatic carbocycles. The molecule has 0 bridgehead atoms. The standard InChI is InChI=1S/C24H32N2O2S/c1-5-22(24(28)25-15-18(2)3)26(16-20-12-10-9-11-19(20)4)23(27)17-29-21-13-7-6-8-14-21/h6-14,18,22H,5,15-17H2,1-4H3,(H,25,28). The maximum Gasteiger partial charge on any atom is 0.242 e. The van der Waals surface area contributed by atoms with Crippen LogP contribution in [0.1, 0.15) is 38.3 Å². The van der Waals surface area contributed by atoms with Crippen molar-refractivity contribution in [1.29, 1.82) is 0 Å². The number of aryl methyl sites for hydroxylation is 1. The van der Waals surface area contributed by atoms with E-state index in [-0.39, 0.29) is 11.8 Å². The number of carbonyl (C=O) groups is 2. The van der Waals surface area contributed by atoms with Crippen LogP contribution in [-0.4, -0.2) is 35.1 Å². The van der Waals surface area contributed by atoms with E-state index in [0.29, 0.717) is 31.2 Å². The lowest BCUT2D eigenvalue weighted by Gasteiger charge is -2.31. The highest BCUT2D eigenvalue weighted by molar-refractivity contribution is 8.00. The Labute approximate surface area is 179 Å². The third-order valence-electron chi connectivity index (χ3n) is 4.78. The lowest BCUT2D eigenvalue weighted by molar-refractivity contribution is -0.139. The number of hydrogen-bond acceptors (Lipinski definition) is 3.